The Morgan fingerprint density at radius 2 is 2.18 bits per heavy atom. The van der Waals surface area contributed by atoms with Crippen molar-refractivity contribution in [1.82, 2.24) is 0 Å². The Bertz CT molecular complexity index is 149. The van der Waals surface area contributed by atoms with E-state index in [0.717, 1.165) is 0 Å². The van der Waals surface area contributed by atoms with Gasteiger partial charge in [-0.3, -0.25) is 0 Å². The molecular formula is C10H18O. The Morgan fingerprint density at radius 3 is 2.55 bits per heavy atom. The van der Waals surface area contributed by atoms with Crippen molar-refractivity contribution in [2.75, 3.05) is 0 Å². The summed E-state index contributed by atoms with van der Waals surface area (Å²) in [7, 11) is 0. The summed E-state index contributed by atoms with van der Waals surface area (Å²) >= 11 is 0. The van der Waals surface area contributed by atoms with E-state index in [1.807, 2.05) is 6.08 Å². The Kier molecular flexibility index (Phi) is 2.38. The summed E-state index contributed by atoms with van der Waals surface area (Å²) < 4.78 is 5.46. The molecule has 0 aromatic carbocycles. The second-order valence-corrected chi connectivity index (χ2v) is 4.00. The van der Waals surface area contributed by atoms with Gasteiger partial charge in [0.05, 0.1) is 11.7 Å². The number of epoxide rings is 1. The van der Waals surface area contributed by atoms with Crippen molar-refractivity contribution in [2.24, 2.45) is 5.92 Å². The van der Waals surface area contributed by atoms with E-state index >= 15 is 0 Å². The summed E-state index contributed by atoms with van der Waals surface area (Å²) in [6.45, 7) is 10.2. The highest BCUT2D eigenvalue weighted by molar-refractivity contribution is 4.95. The molecule has 1 aliphatic heterocycles. The first-order valence-corrected chi connectivity index (χ1v) is 4.36. The third-order valence-corrected chi connectivity index (χ3v) is 2.45. The van der Waals surface area contributed by atoms with Gasteiger partial charge in [0.1, 0.15) is 0 Å². The van der Waals surface area contributed by atoms with Crippen LogP contribution in [-0.4, -0.2) is 11.7 Å². The minimum Gasteiger partial charge on any atom is -0.367 e. The first-order chi connectivity index (χ1) is 5.06. The third kappa shape index (κ3) is 2.33. The largest absolute Gasteiger partial charge is 0.367 e. The molecule has 0 radical (unpaired) electrons. The Balaban J connectivity index is 2.10. The van der Waals surface area contributed by atoms with Crippen molar-refractivity contribution in [3.63, 3.8) is 0 Å². The van der Waals surface area contributed by atoms with E-state index < -0.39 is 0 Å². The molecule has 11 heavy (non-hydrogen) atoms. The van der Waals surface area contributed by atoms with Crippen LogP contribution < -0.4 is 0 Å². The Labute approximate surface area is 69.4 Å². The molecule has 0 aliphatic carbocycles. The smallest absolute Gasteiger partial charge is 0.0892 e. The van der Waals surface area contributed by atoms with Crippen LogP contribution in [0.15, 0.2) is 12.7 Å². The summed E-state index contributed by atoms with van der Waals surface area (Å²) in [6, 6.07) is 0. The minimum atomic E-state index is 0.168. The molecule has 2 unspecified atom stereocenters. The standard InChI is InChI=1S/C10H18O/c1-5-8(2)6-7-9-10(3,4)11-9/h5,8-9H,1,6-7H2,2-4H3. The molecule has 2 atom stereocenters. The van der Waals surface area contributed by atoms with Gasteiger partial charge in [-0.2, -0.15) is 0 Å². The van der Waals surface area contributed by atoms with Crippen molar-refractivity contribution >= 4 is 0 Å². The highest BCUT2D eigenvalue weighted by atomic mass is 16.6. The molecule has 0 N–H and O–H groups in total. The van der Waals surface area contributed by atoms with Crippen molar-refractivity contribution in [3.8, 4) is 0 Å². The molecule has 1 heteroatoms. The van der Waals surface area contributed by atoms with E-state index in [4.69, 9.17) is 4.74 Å². The van der Waals surface area contributed by atoms with Gasteiger partial charge in [0.25, 0.3) is 0 Å². The SMILES string of the molecule is C=CC(C)CCC1OC1(C)C. The Morgan fingerprint density at radius 1 is 1.64 bits per heavy atom. The van der Waals surface area contributed by atoms with Crippen LogP contribution in [0.2, 0.25) is 0 Å². The molecule has 1 aliphatic rings. The van der Waals surface area contributed by atoms with E-state index in [2.05, 4.69) is 27.4 Å². The lowest BCUT2D eigenvalue weighted by atomic mass is 10.00. The normalized spacial score (nSPS) is 29.5. The van der Waals surface area contributed by atoms with Gasteiger partial charge in [-0.1, -0.05) is 13.0 Å². The van der Waals surface area contributed by atoms with E-state index in [9.17, 15) is 0 Å². The van der Waals surface area contributed by atoms with Crippen LogP contribution in [0.5, 0.6) is 0 Å². The van der Waals surface area contributed by atoms with E-state index in [1.165, 1.54) is 12.8 Å². The average molecular weight is 154 g/mol. The molecule has 64 valence electrons. The molecular weight excluding hydrogens is 136 g/mol. The van der Waals surface area contributed by atoms with Gasteiger partial charge in [-0.15, -0.1) is 6.58 Å². The topological polar surface area (TPSA) is 12.5 Å². The summed E-state index contributed by atoms with van der Waals surface area (Å²) in [4.78, 5) is 0. The highest BCUT2D eigenvalue weighted by Gasteiger charge is 2.46. The zero-order chi connectivity index (χ0) is 8.48. The quantitative estimate of drug-likeness (QED) is 0.448. The van der Waals surface area contributed by atoms with Gasteiger partial charge in [0.2, 0.25) is 0 Å². The second kappa shape index (κ2) is 2.98. The molecule has 1 rings (SSSR count). The first-order valence-electron chi connectivity index (χ1n) is 4.36. The van der Waals surface area contributed by atoms with Crippen LogP contribution in [0, 0.1) is 5.92 Å². The lowest BCUT2D eigenvalue weighted by Crippen LogP contribution is -2.04. The molecule has 0 spiro atoms. The lowest BCUT2D eigenvalue weighted by molar-refractivity contribution is 0.316. The number of rotatable bonds is 4. The van der Waals surface area contributed by atoms with Gasteiger partial charge < -0.3 is 4.74 Å². The van der Waals surface area contributed by atoms with E-state index in [-0.39, 0.29) is 5.60 Å². The molecule has 1 nitrogen and oxygen atoms in total. The molecule has 1 fully saturated rings. The highest BCUT2D eigenvalue weighted by Crippen LogP contribution is 2.38. The van der Waals surface area contributed by atoms with E-state index in [0.29, 0.717) is 12.0 Å². The van der Waals surface area contributed by atoms with Crippen LogP contribution in [0.1, 0.15) is 33.6 Å². The molecule has 0 saturated carbocycles. The zero-order valence-electron chi connectivity index (χ0n) is 7.76. The molecule has 1 saturated heterocycles. The summed E-state index contributed by atoms with van der Waals surface area (Å²) in [5.41, 5.74) is 0.168. The van der Waals surface area contributed by atoms with Crippen LogP contribution in [0.25, 0.3) is 0 Å². The minimum absolute atomic E-state index is 0.168. The fourth-order valence-corrected chi connectivity index (χ4v) is 1.27. The number of hydrogen-bond acceptors (Lipinski definition) is 1. The lowest BCUT2D eigenvalue weighted by Gasteiger charge is -2.02. The van der Waals surface area contributed by atoms with Crippen molar-refractivity contribution in [3.05, 3.63) is 12.7 Å². The predicted octanol–water partition coefficient (Wildman–Crippen LogP) is 2.77. The summed E-state index contributed by atoms with van der Waals surface area (Å²) in [5, 5.41) is 0. The maximum absolute atomic E-state index is 5.46. The van der Waals surface area contributed by atoms with Gasteiger partial charge >= 0.3 is 0 Å². The monoisotopic (exact) mass is 154 g/mol. The third-order valence-electron chi connectivity index (χ3n) is 2.45. The van der Waals surface area contributed by atoms with Crippen LogP contribution in [0.3, 0.4) is 0 Å². The number of ether oxygens (including phenoxy) is 1. The van der Waals surface area contributed by atoms with Crippen molar-refractivity contribution in [1.29, 1.82) is 0 Å². The van der Waals surface area contributed by atoms with Gasteiger partial charge in [0, 0.05) is 0 Å². The molecule has 1 heterocycles. The van der Waals surface area contributed by atoms with Gasteiger partial charge in [-0.05, 0) is 32.6 Å². The van der Waals surface area contributed by atoms with Crippen LogP contribution in [-0.2, 0) is 4.74 Å². The molecule has 0 aromatic heterocycles. The molecule has 0 amide bonds. The fraction of sp³-hybridized carbons (Fsp3) is 0.800. The summed E-state index contributed by atoms with van der Waals surface area (Å²) in [5.74, 6) is 0.634. The number of hydrogen-bond donors (Lipinski definition) is 0. The summed E-state index contributed by atoms with van der Waals surface area (Å²) in [6.07, 6.45) is 4.90. The van der Waals surface area contributed by atoms with E-state index in [1.54, 1.807) is 0 Å². The van der Waals surface area contributed by atoms with Gasteiger partial charge in [0.15, 0.2) is 0 Å². The predicted molar refractivity (Wildman–Crippen MR) is 47.5 cm³/mol. The van der Waals surface area contributed by atoms with Gasteiger partial charge in [-0.25, -0.2) is 0 Å². The zero-order valence-corrected chi connectivity index (χ0v) is 7.76. The molecule has 0 aromatic rings. The maximum Gasteiger partial charge on any atom is 0.0892 e. The van der Waals surface area contributed by atoms with Crippen molar-refractivity contribution in [2.45, 2.75) is 45.3 Å². The first kappa shape index (κ1) is 8.79. The maximum atomic E-state index is 5.46. The second-order valence-electron chi connectivity index (χ2n) is 4.00. The Hall–Kier alpha value is -0.300. The molecule has 0 bridgehead atoms. The average Bonchev–Trinajstić information content (AvgIpc) is 2.54. The number of allylic oxidation sites excluding steroid dienone is 1. The fourth-order valence-electron chi connectivity index (χ4n) is 1.27. The van der Waals surface area contributed by atoms with Crippen LogP contribution >= 0.6 is 0 Å². The van der Waals surface area contributed by atoms with Crippen LogP contribution in [0.4, 0.5) is 0 Å². The van der Waals surface area contributed by atoms with Crippen molar-refractivity contribution < 1.29 is 4.74 Å².